The van der Waals surface area contributed by atoms with Crippen LogP contribution in [-0.2, 0) is 4.74 Å². The van der Waals surface area contributed by atoms with Crippen LogP contribution in [0.25, 0.3) is 0 Å². The number of hydrogen-bond donors (Lipinski definition) is 0. The summed E-state index contributed by atoms with van der Waals surface area (Å²) in [5, 5.41) is 0. The van der Waals surface area contributed by atoms with Crippen LogP contribution in [0.1, 0.15) is 13.3 Å². The van der Waals surface area contributed by atoms with Crippen molar-refractivity contribution in [2.75, 3.05) is 6.61 Å². The van der Waals surface area contributed by atoms with Gasteiger partial charge in [-0.05, 0) is 6.92 Å². The van der Waals surface area contributed by atoms with Gasteiger partial charge in [-0.3, -0.25) is 0 Å². The van der Waals surface area contributed by atoms with E-state index in [2.05, 4.69) is 11.6 Å². The molecule has 0 fully saturated rings. The van der Waals surface area contributed by atoms with E-state index in [1.807, 2.05) is 6.92 Å². The molecule has 1 rings (SSSR count). The lowest BCUT2D eigenvalue weighted by Crippen LogP contribution is -1.99. The molecule has 1 unspecified atom stereocenters. The molecular weight excluding hydrogens is 114 g/mol. The average Bonchev–Trinajstić information content (AvgIpc) is 2.17. The summed E-state index contributed by atoms with van der Waals surface area (Å²) < 4.78 is 5.18. The van der Waals surface area contributed by atoms with E-state index in [1.54, 1.807) is 6.08 Å². The number of rotatable bonds is 2. The molecule has 0 bridgehead atoms. The Kier molecular flexibility index (Phi) is 1.88. The summed E-state index contributed by atoms with van der Waals surface area (Å²) in [6.45, 7) is 6.37. The predicted molar refractivity (Wildman–Crippen MR) is 37.7 cm³/mol. The van der Waals surface area contributed by atoms with E-state index in [9.17, 15) is 0 Å². The Balaban J connectivity index is 2.41. The maximum Gasteiger partial charge on any atom is 0.187 e. The summed E-state index contributed by atoms with van der Waals surface area (Å²) in [6, 6.07) is 0.347. The molecule has 0 aromatic carbocycles. The zero-order valence-electron chi connectivity index (χ0n) is 5.63. The van der Waals surface area contributed by atoms with Crippen LogP contribution in [0.2, 0.25) is 0 Å². The maximum atomic E-state index is 5.18. The molecule has 0 aromatic heterocycles. The van der Waals surface area contributed by atoms with E-state index in [1.165, 1.54) is 0 Å². The first kappa shape index (κ1) is 6.33. The lowest BCUT2D eigenvalue weighted by Gasteiger charge is -1.93. The Morgan fingerprint density at radius 3 is 3.22 bits per heavy atom. The highest BCUT2D eigenvalue weighted by molar-refractivity contribution is 5.78. The van der Waals surface area contributed by atoms with Gasteiger partial charge < -0.3 is 4.74 Å². The minimum absolute atomic E-state index is 0.347. The Hall–Kier alpha value is -0.790. The summed E-state index contributed by atoms with van der Waals surface area (Å²) in [5.41, 5.74) is 0. The summed E-state index contributed by atoms with van der Waals surface area (Å²) in [7, 11) is 0. The second-order valence-electron chi connectivity index (χ2n) is 2.18. The molecule has 0 N–H and O–H groups in total. The van der Waals surface area contributed by atoms with Crippen LogP contribution >= 0.6 is 0 Å². The average molecular weight is 125 g/mol. The zero-order valence-corrected chi connectivity index (χ0v) is 5.63. The SMILES string of the molecule is C=CCC1=NC(C)CO1. The third-order valence-electron chi connectivity index (χ3n) is 1.17. The van der Waals surface area contributed by atoms with Crippen LogP contribution in [0.5, 0.6) is 0 Å². The first-order valence-electron chi connectivity index (χ1n) is 3.13. The molecule has 1 aliphatic rings. The third kappa shape index (κ3) is 1.56. The fourth-order valence-corrected chi connectivity index (χ4v) is 0.772. The number of aliphatic imine (C=N–C) groups is 1. The van der Waals surface area contributed by atoms with Crippen molar-refractivity contribution in [2.24, 2.45) is 4.99 Å². The van der Waals surface area contributed by atoms with Crippen molar-refractivity contribution in [3.05, 3.63) is 12.7 Å². The molecule has 50 valence electrons. The molecular formula is C7H11NO. The van der Waals surface area contributed by atoms with Crippen molar-refractivity contribution in [1.29, 1.82) is 0 Å². The minimum Gasteiger partial charge on any atom is -0.478 e. The van der Waals surface area contributed by atoms with Gasteiger partial charge in [0.2, 0.25) is 0 Å². The van der Waals surface area contributed by atoms with Crippen molar-refractivity contribution >= 4 is 5.90 Å². The molecule has 1 aliphatic heterocycles. The van der Waals surface area contributed by atoms with Gasteiger partial charge in [0.25, 0.3) is 0 Å². The second-order valence-corrected chi connectivity index (χ2v) is 2.18. The summed E-state index contributed by atoms with van der Waals surface area (Å²) in [6.07, 6.45) is 2.57. The minimum atomic E-state index is 0.347. The molecule has 0 spiro atoms. The van der Waals surface area contributed by atoms with Gasteiger partial charge in [-0.2, -0.15) is 0 Å². The lowest BCUT2D eigenvalue weighted by molar-refractivity contribution is 0.318. The van der Waals surface area contributed by atoms with Gasteiger partial charge in [0.05, 0.1) is 6.04 Å². The lowest BCUT2D eigenvalue weighted by atomic mass is 10.4. The van der Waals surface area contributed by atoms with E-state index >= 15 is 0 Å². The van der Waals surface area contributed by atoms with E-state index in [4.69, 9.17) is 4.74 Å². The van der Waals surface area contributed by atoms with Crippen LogP contribution in [-0.4, -0.2) is 18.5 Å². The number of ether oxygens (including phenoxy) is 1. The first-order chi connectivity index (χ1) is 4.33. The Bertz CT molecular complexity index is 140. The number of hydrogen-bond acceptors (Lipinski definition) is 2. The van der Waals surface area contributed by atoms with Gasteiger partial charge >= 0.3 is 0 Å². The predicted octanol–water partition coefficient (Wildman–Crippen LogP) is 1.38. The highest BCUT2D eigenvalue weighted by Gasteiger charge is 2.11. The standard InChI is InChI=1S/C7H11NO/c1-3-4-7-8-6(2)5-9-7/h3,6H,1,4-5H2,2H3. The molecule has 2 nitrogen and oxygen atoms in total. The second kappa shape index (κ2) is 2.67. The first-order valence-corrected chi connectivity index (χ1v) is 3.13. The molecule has 1 heterocycles. The van der Waals surface area contributed by atoms with Crippen LogP contribution in [0, 0.1) is 0 Å². The molecule has 0 radical (unpaired) electrons. The van der Waals surface area contributed by atoms with Gasteiger partial charge in [0, 0.05) is 6.42 Å². The van der Waals surface area contributed by atoms with Crippen molar-refractivity contribution in [3.8, 4) is 0 Å². The van der Waals surface area contributed by atoms with E-state index in [0.29, 0.717) is 6.04 Å². The van der Waals surface area contributed by atoms with E-state index in [0.717, 1.165) is 18.9 Å². The Morgan fingerprint density at radius 1 is 2.00 bits per heavy atom. The normalized spacial score (nSPS) is 25.0. The highest BCUT2D eigenvalue weighted by Crippen LogP contribution is 2.05. The fourth-order valence-electron chi connectivity index (χ4n) is 0.772. The van der Waals surface area contributed by atoms with Crippen LogP contribution in [0.4, 0.5) is 0 Å². The quantitative estimate of drug-likeness (QED) is 0.511. The van der Waals surface area contributed by atoms with Gasteiger partial charge in [-0.1, -0.05) is 6.08 Å². The monoisotopic (exact) mass is 125 g/mol. The molecule has 2 heteroatoms. The number of nitrogens with zero attached hydrogens (tertiary/aromatic N) is 1. The Morgan fingerprint density at radius 2 is 2.78 bits per heavy atom. The Labute approximate surface area is 55.2 Å². The molecule has 0 saturated carbocycles. The topological polar surface area (TPSA) is 21.6 Å². The van der Waals surface area contributed by atoms with Crippen molar-refractivity contribution in [1.82, 2.24) is 0 Å². The molecule has 0 saturated heterocycles. The fraction of sp³-hybridized carbons (Fsp3) is 0.571. The molecule has 0 aromatic rings. The smallest absolute Gasteiger partial charge is 0.187 e. The summed E-state index contributed by atoms with van der Waals surface area (Å²) in [4.78, 5) is 4.20. The van der Waals surface area contributed by atoms with Crippen LogP contribution in [0.15, 0.2) is 17.6 Å². The van der Waals surface area contributed by atoms with Crippen molar-refractivity contribution in [2.45, 2.75) is 19.4 Å². The molecule has 9 heavy (non-hydrogen) atoms. The molecule has 0 amide bonds. The van der Waals surface area contributed by atoms with Crippen molar-refractivity contribution in [3.63, 3.8) is 0 Å². The van der Waals surface area contributed by atoms with Gasteiger partial charge in [-0.25, -0.2) is 4.99 Å². The van der Waals surface area contributed by atoms with Gasteiger partial charge in [0.1, 0.15) is 6.61 Å². The maximum absolute atomic E-state index is 5.18. The van der Waals surface area contributed by atoms with Crippen LogP contribution < -0.4 is 0 Å². The zero-order chi connectivity index (χ0) is 6.69. The third-order valence-corrected chi connectivity index (χ3v) is 1.17. The summed E-state index contributed by atoms with van der Waals surface area (Å²) in [5.74, 6) is 0.831. The molecule has 1 atom stereocenters. The van der Waals surface area contributed by atoms with E-state index in [-0.39, 0.29) is 0 Å². The van der Waals surface area contributed by atoms with Gasteiger partial charge in [0.15, 0.2) is 5.90 Å². The molecule has 0 aliphatic carbocycles. The highest BCUT2D eigenvalue weighted by atomic mass is 16.5. The van der Waals surface area contributed by atoms with Gasteiger partial charge in [-0.15, -0.1) is 6.58 Å². The van der Waals surface area contributed by atoms with E-state index < -0.39 is 0 Å². The largest absolute Gasteiger partial charge is 0.478 e. The summed E-state index contributed by atoms with van der Waals surface area (Å²) >= 11 is 0. The van der Waals surface area contributed by atoms with Crippen molar-refractivity contribution < 1.29 is 4.74 Å². The van der Waals surface area contributed by atoms with Crippen LogP contribution in [0.3, 0.4) is 0 Å².